The van der Waals surface area contributed by atoms with Gasteiger partial charge in [0, 0.05) is 12.5 Å². The van der Waals surface area contributed by atoms with E-state index in [1.54, 1.807) is 0 Å². The van der Waals surface area contributed by atoms with Gasteiger partial charge in [0.25, 0.3) is 0 Å². The SMILES string of the molecule is COc1cc(C=CC(=O)O[C@@](Cc2ccc(O)cc2)(C(=O)O)[C@@H](O)C(=O)O)ccc1O[C@@H]1O[C@H](CO)[C@@H](O)[C@H](O)[C@H]1O. The van der Waals surface area contributed by atoms with Crippen molar-refractivity contribution in [2.75, 3.05) is 13.7 Å². The highest BCUT2D eigenvalue weighted by Crippen LogP contribution is 2.32. The molecule has 228 valence electrons. The van der Waals surface area contributed by atoms with Gasteiger partial charge in [-0.25, -0.2) is 14.4 Å². The first-order chi connectivity index (χ1) is 19.8. The zero-order valence-corrected chi connectivity index (χ0v) is 22.0. The lowest BCUT2D eigenvalue weighted by Crippen LogP contribution is -2.60. The van der Waals surface area contributed by atoms with Gasteiger partial charge in [-0.2, -0.15) is 0 Å². The van der Waals surface area contributed by atoms with Gasteiger partial charge in [-0.3, -0.25) is 0 Å². The summed E-state index contributed by atoms with van der Waals surface area (Å²) in [6, 6.07) is 9.04. The minimum atomic E-state index is -2.93. The molecule has 3 rings (SSSR count). The third-order valence-corrected chi connectivity index (χ3v) is 6.41. The number of aliphatic hydroxyl groups is 5. The van der Waals surface area contributed by atoms with Gasteiger partial charge >= 0.3 is 17.9 Å². The first kappa shape index (κ1) is 32.3. The number of hydrogen-bond donors (Lipinski definition) is 8. The lowest BCUT2D eigenvalue weighted by Gasteiger charge is -2.39. The average molecular weight is 595 g/mol. The van der Waals surface area contributed by atoms with E-state index in [-0.39, 0.29) is 28.4 Å². The number of carbonyl (C=O) groups excluding carboxylic acids is 1. The van der Waals surface area contributed by atoms with Crippen molar-refractivity contribution in [3.63, 3.8) is 0 Å². The topological polar surface area (TPSA) is 250 Å². The van der Waals surface area contributed by atoms with Crippen molar-refractivity contribution >= 4 is 24.0 Å². The van der Waals surface area contributed by atoms with E-state index in [1.807, 2.05) is 0 Å². The van der Waals surface area contributed by atoms with E-state index in [0.717, 1.165) is 6.08 Å². The third kappa shape index (κ3) is 7.14. The number of hydrogen-bond acceptors (Lipinski definition) is 13. The second-order valence-corrected chi connectivity index (χ2v) is 9.26. The van der Waals surface area contributed by atoms with E-state index in [9.17, 15) is 55.2 Å². The van der Waals surface area contributed by atoms with Gasteiger partial charge in [0.05, 0.1) is 13.7 Å². The maximum Gasteiger partial charge on any atom is 0.351 e. The summed E-state index contributed by atoms with van der Waals surface area (Å²) in [5, 5.41) is 78.3. The van der Waals surface area contributed by atoms with Crippen LogP contribution in [0.2, 0.25) is 0 Å². The van der Waals surface area contributed by atoms with Crippen LogP contribution in [0.3, 0.4) is 0 Å². The number of aromatic hydroxyl groups is 1. The van der Waals surface area contributed by atoms with Crippen LogP contribution in [0.1, 0.15) is 11.1 Å². The minimum Gasteiger partial charge on any atom is -0.508 e. The van der Waals surface area contributed by atoms with Gasteiger partial charge < -0.3 is 59.8 Å². The number of aliphatic carboxylic acids is 2. The van der Waals surface area contributed by atoms with Crippen LogP contribution >= 0.6 is 0 Å². The summed E-state index contributed by atoms with van der Waals surface area (Å²) in [7, 11) is 1.27. The molecule has 8 N–H and O–H groups in total. The number of benzene rings is 2. The Morgan fingerprint density at radius 1 is 1.00 bits per heavy atom. The third-order valence-electron chi connectivity index (χ3n) is 6.41. The molecule has 0 spiro atoms. The molecule has 1 saturated heterocycles. The Morgan fingerprint density at radius 3 is 2.24 bits per heavy atom. The molecule has 1 heterocycles. The molecule has 2 aromatic rings. The van der Waals surface area contributed by atoms with Gasteiger partial charge in [-0.15, -0.1) is 0 Å². The standard InChI is InChI=1S/C27H30O15/c1-39-17-10-13(4-8-16(17)40-25-22(33)21(32)20(31)18(12-28)41-25)5-9-19(30)42-27(26(37)38,23(34)24(35)36)11-14-2-6-15(29)7-3-14/h2-10,18,20-23,25,28-29,31-34H,11-12H2,1H3,(H,35,36)(H,37,38)/t18-,20-,21+,22-,23+,25-,27-/m1/s1. The van der Waals surface area contributed by atoms with E-state index in [1.165, 1.54) is 55.7 Å². The van der Waals surface area contributed by atoms with Crippen molar-refractivity contribution in [3.8, 4) is 17.2 Å². The molecule has 1 fully saturated rings. The second kappa shape index (κ2) is 13.6. The van der Waals surface area contributed by atoms with Gasteiger partial charge in [-0.05, 0) is 41.5 Å². The zero-order valence-electron chi connectivity index (χ0n) is 22.0. The Hall–Kier alpha value is -4.25. The Morgan fingerprint density at radius 2 is 1.67 bits per heavy atom. The molecule has 0 saturated carbocycles. The fourth-order valence-corrected chi connectivity index (χ4v) is 4.09. The van der Waals surface area contributed by atoms with Crippen LogP contribution in [0.15, 0.2) is 48.5 Å². The molecule has 2 aromatic carbocycles. The molecule has 0 aromatic heterocycles. The van der Waals surface area contributed by atoms with Gasteiger partial charge in [0.2, 0.25) is 18.0 Å². The first-order valence-corrected chi connectivity index (χ1v) is 12.3. The number of esters is 1. The van der Waals surface area contributed by atoms with Crippen molar-refractivity contribution in [1.82, 2.24) is 0 Å². The summed E-state index contributed by atoms with van der Waals surface area (Å²) in [5.74, 6) is -5.28. The fourth-order valence-electron chi connectivity index (χ4n) is 4.09. The first-order valence-electron chi connectivity index (χ1n) is 12.3. The maximum atomic E-state index is 12.7. The summed E-state index contributed by atoms with van der Waals surface area (Å²) in [4.78, 5) is 36.4. The van der Waals surface area contributed by atoms with E-state index in [2.05, 4.69) is 0 Å². The Kier molecular flexibility index (Phi) is 10.5. The van der Waals surface area contributed by atoms with Crippen molar-refractivity contribution in [2.45, 2.75) is 48.8 Å². The zero-order chi connectivity index (χ0) is 31.2. The fraction of sp³-hybridized carbons (Fsp3) is 0.370. The number of aliphatic hydroxyl groups excluding tert-OH is 5. The summed E-state index contributed by atoms with van der Waals surface area (Å²) in [6.07, 6.45) is -9.09. The molecule has 0 unspecified atom stereocenters. The highest BCUT2D eigenvalue weighted by molar-refractivity contribution is 5.94. The van der Waals surface area contributed by atoms with Crippen LogP contribution in [0, 0.1) is 0 Å². The molecule has 1 aliphatic heterocycles. The van der Waals surface area contributed by atoms with Crippen LogP contribution in [0.4, 0.5) is 0 Å². The lowest BCUT2D eigenvalue weighted by molar-refractivity contribution is -0.277. The predicted molar refractivity (Wildman–Crippen MR) is 138 cm³/mol. The van der Waals surface area contributed by atoms with E-state index < -0.39 is 73.3 Å². The van der Waals surface area contributed by atoms with Crippen molar-refractivity contribution in [3.05, 3.63) is 59.7 Å². The average Bonchev–Trinajstić information content (AvgIpc) is 2.96. The smallest absolute Gasteiger partial charge is 0.351 e. The number of methoxy groups -OCH3 is 1. The van der Waals surface area contributed by atoms with Gasteiger partial charge in [-0.1, -0.05) is 18.2 Å². The van der Waals surface area contributed by atoms with Crippen LogP contribution in [-0.4, -0.2) is 115 Å². The summed E-state index contributed by atoms with van der Waals surface area (Å²) in [5.41, 5.74) is -2.50. The molecular weight excluding hydrogens is 564 g/mol. The maximum absolute atomic E-state index is 12.7. The number of ether oxygens (including phenoxy) is 4. The van der Waals surface area contributed by atoms with Gasteiger partial charge in [0.15, 0.2) is 11.5 Å². The van der Waals surface area contributed by atoms with Crippen LogP contribution in [0.25, 0.3) is 6.08 Å². The number of carbonyl (C=O) groups is 3. The van der Waals surface area contributed by atoms with Crippen LogP contribution in [0.5, 0.6) is 17.2 Å². The summed E-state index contributed by atoms with van der Waals surface area (Å²) in [6.45, 7) is -0.663. The number of rotatable bonds is 12. The summed E-state index contributed by atoms with van der Waals surface area (Å²) < 4.78 is 21.1. The number of phenols is 1. The second-order valence-electron chi connectivity index (χ2n) is 9.26. The predicted octanol–water partition coefficient (Wildman–Crippen LogP) is -1.35. The summed E-state index contributed by atoms with van der Waals surface area (Å²) >= 11 is 0. The van der Waals surface area contributed by atoms with E-state index in [0.29, 0.717) is 0 Å². The number of carboxylic acid groups (broad SMARTS) is 2. The van der Waals surface area contributed by atoms with E-state index in [4.69, 9.17) is 18.9 Å². The monoisotopic (exact) mass is 594 g/mol. The molecule has 42 heavy (non-hydrogen) atoms. The van der Waals surface area contributed by atoms with Gasteiger partial charge in [0.1, 0.15) is 30.2 Å². The molecule has 15 nitrogen and oxygen atoms in total. The van der Waals surface area contributed by atoms with Crippen LogP contribution in [-0.2, 0) is 30.3 Å². The molecule has 0 radical (unpaired) electrons. The minimum absolute atomic E-state index is 0.00456. The molecule has 0 aliphatic carbocycles. The van der Waals surface area contributed by atoms with Crippen LogP contribution < -0.4 is 9.47 Å². The quantitative estimate of drug-likeness (QED) is 0.104. The molecule has 15 heteroatoms. The molecule has 0 amide bonds. The highest BCUT2D eigenvalue weighted by atomic mass is 16.7. The molecule has 0 bridgehead atoms. The number of phenolic OH excluding ortho intramolecular Hbond substituents is 1. The van der Waals surface area contributed by atoms with Crippen molar-refractivity contribution in [2.24, 2.45) is 0 Å². The van der Waals surface area contributed by atoms with Crippen molar-refractivity contribution < 1.29 is 74.2 Å². The van der Waals surface area contributed by atoms with E-state index >= 15 is 0 Å². The number of carboxylic acids is 2. The highest BCUT2D eigenvalue weighted by Gasteiger charge is 2.53. The Bertz CT molecular complexity index is 1290. The Balaban J connectivity index is 1.81. The molecular formula is C27H30O15. The lowest BCUT2D eigenvalue weighted by atomic mass is 9.88. The van der Waals surface area contributed by atoms with Crippen molar-refractivity contribution in [1.29, 1.82) is 0 Å². The molecule has 1 aliphatic rings. The normalized spacial score (nSPS) is 24.4. The molecule has 7 atom stereocenters. The Labute approximate surface area is 238 Å². The largest absolute Gasteiger partial charge is 0.508 e.